The van der Waals surface area contributed by atoms with Crippen LogP contribution in [0, 0.1) is 17.8 Å². The average Bonchev–Trinajstić information content (AvgIpc) is 3.12. The van der Waals surface area contributed by atoms with Gasteiger partial charge in [0.15, 0.2) is 24.8 Å². The van der Waals surface area contributed by atoms with Gasteiger partial charge in [-0.15, -0.1) is 0 Å². The van der Waals surface area contributed by atoms with Gasteiger partial charge in [0.1, 0.15) is 36.3 Å². The van der Waals surface area contributed by atoms with Crippen molar-refractivity contribution in [1.29, 1.82) is 0 Å². The van der Waals surface area contributed by atoms with Crippen LogP contribution in [0.1, 0.15) is 101 Å². The van der Waals surface area contributed by atoms with Crippen LogP contribution in [0.25, 0.3) is 0 Å². The van der Waals surface area contributed by atoms with E-state index in [9.17, 15) is 34.2 Å². The lowest BCUT2D eigenvalue weighted by molar-refractivity contribution is -0.345. The van der Waals surface area contributed by atoms with Crippen LogP contribution in [0.2, 0.25) is 0 Å². The van der Waals surface area contributed by atoms with E-state index < -0.39 is 127 Å². The van der Waals surface area contributed by atoms with E-state index in [1.165, 1.54) is 21.0 Å². The number of nitrogens with zero attached hydrogens (tertiary/aromatic N) is 1. The molecule has 0 amide bonds. The largest absolute Gasteiger partial charge is 0.462 e. The summed E-state index contributed by atoms with van der Waals surface area (Å²) in [4.78, 5) is 65.6. The zero-order chi connectivity index (χ0) is 45.8. The number of carbonyl (C=O) groups is 5. The number of allylic oxidation sites excluding steroid dienone is 2. The Hall–Kier alpha value is -3.29. The minimum atomic E-state index is -1.53. The number of methoxy groups -OCH3 is 1. The standard InChI is InChI=1S/C44H71NO16/c1-24(2)20-34(50)59-42-28(6)55-36(23-44(42,9)52)60-38-27(5)56-43(41(58-30(8)48)37(38)45(10)11)61-39-31(18-19-46)21-25(3)32(49)17-15-13-14-16-26(4)54-35(51)22-33(40(39)53-12)57-29(7)47/h13-15,17,19,24-28,31-33,36-43,49,52H,16,18,20-23H2,1-12H3/b14-13+,17-15+/t25-,26-,27-,28+,31+,32+,33-,36+,37+,38-,39+,40+,41-,42+,43+,44-/m1/s1. The first kappa shape index (κ1) is 52.1. The molecule has 3 rings (SSSR count). The lowest BCUT2D eigenvalue weighted by Gasteiger charge is -2.51. The molecule has 61 heavy (non-hydrogen) atoms. The first-order valence-corrected chi connectivity index (χ1v) is 21.3. The number of ether oxygens (including phenoxy) is 9. The first-order chi connectivity index (χ1) is 28.6. The molecule has 0 saturated carbocycles. The monoisotopic (exact) mass is 869 g/mol. The first-order valence-electron chi connectivity index (χ1n) is 21.3. The summed E-state index contributed by atoms with van der Waals surface area (Å²) in [5.41, 5.74) is -1.53. The SMILES string of the molecule is CO[C@@H]1[C@@H](O[C@@H]2O[C@H](C)[C@@H](O[C@H]3C[C@@](C)(O)[C@@H](OC(=O)CC(C)C)[C@H](C)O3)[C@H](N(C)C)[C@H]2OC(C)=O)[C@@H](CC=O)C[C@@H](C)[C@@H](O)/C=C/C=C/C[C@@H](C)OC(=O)C[C@H]1OC(C)=O. The van der Waals surface area contributed by atoms with Crippen LogP contribution in [-0.2, 0) is 66.6 Å². The van der Waals surface area contributed by atoms with Crippen molar-refractivity contribution in [2.24, 2.45) is 17.8 Å². The number of hydrogen-bond acceptors (Lipinski definition) is 17. The van der Waals surface area contributed by atoms with Crippen molar-refractivity contribution >= 4 is 30.2 Å². The third-order valence-electron chi connectivity index (χ3n) is 11.2. The molecule has 0 aromatic rings. The van der Waals surface area contributed by atoms with Gasteiger partial charge in [-0.2, -0.15) is 0 Å². The summed E-state index contributed by atoms with van der Waals surface area (Å²) >= 11 is 0. The Labute approximate surface area is 360 Å². The molecule has 2 N–H and O–H groups in total. The zero-order valence-corrected chi connectivity index (χ0v) is 37.9. The highest BCUT2D eigenvalue weighted by Gasteiger charge is 2.54. The number of hydrogen-bond donors (Lipinski definition) is 2. The highest BCUT2D eigenvalue weighted by molar-refractivity contribution is 5.72. The van der Waals surface area contributed by atoms with Crippen LogP contribution in [-0.4, -0.2) is 152 Å². The van der Waals surface area contributed by atoms with Gasteiger partial charge in [-0.25, -0.2) is 0 Å². The normalized spacial score (nSPS) is 39.1. The Morgan fingerprint density at radius 1 is 0.951 bits per heavy atom. The molecule has 3 heterocycles. The van der Waals surface area contributed by atoms with Crippen LogP contribution >= 0.6 is 0 Å². The van der Waals surface area contributed by atoms with Crippen molar-refractivity contribution in [3.63, 3.8) is 0 Å². The van der Waals surface area contributed by atoms with Crippen LogP contribution in [0.4, 0.5) is 0 Å². The fraction of sp³-hybridized carbons (Fsp3) is 0.795. The summed E-state index contributed by atoms with van der Waals surface area (Å²) in [6, 6.07) is -0.778. The van der Waals surface area contributed by atoms with E-state index in [2.05, 4.69) is 0 Å². The van der Waals surface area contributed by atoms with Gasteiger partial charge in [-0.1, -0.05) is 45.1 Å². The second kappa shape index (κ2) is 24.0. The molecule has 0 bridgehead atoms. The maximum absolute atomic E-state index is 13.3. The molecule has 17 nitrogen and oxygen atoms in total. The maximum Gasteiger partial charge on any atom is 0.309 e. The summed E-state index contributed by atoms with van der Waals surface area (Å²) in [5, 5.41) is 22.7. The second-order valence-corrected chi connectivity index (χ2v) is 17.5. The van der Waals surface area contributed by atoms with E-state index >= 15 is 0 Å². The number of cyclic esters (lactones) is 1. The molecular weight excluding hydrogens is 798 g/mol. The van der Waals surface area contributed by atoms with Gasteiger partial charge in [0, 0.05) is 46.6 Å². The fourth-order valence-electron chi connectivity index (χ4n) is 8.37. The van der Waals surface area contributed by atoms with Crippen LogP contribution < -0.4 is 0 Å². The van der Waals surface area contributed by atoms with Gasteiger partial charge >= 0.3 is 23.9 Å². The van der Waals surface area contributed by atoms with Gasteiger partial charge in [0.05, 0.1) is 36.9 Å². The minimum absolute atomic E-state index is 0.0573. The van der Waals surface area contributed by atoms with E-state index in [1.807, 2.05) is 20.8 Å². The number of aliphatic hydroxyl groups excluding tert-OH is 1. The third kappa shape index (κ3) is 15.5. The van der Waals surface area contributed by atoms with Crippen molar-refractivity contribution in [3.05, 3.63) is 24.3 Å². The highest BCUT2D eigenvalue weighted by Crippen LogP contribution is 2.38. The lowest BCUT2D eigenvalue weighted by Crippen LogP contribution is -2.66. The molecule has 3 aliphatic heterocycles. The molecule has 0 aromatic heterocycles. The molecule has 348 valence electrons. The molecule has 17 heteroatoms. The van der Waals surface area contributed by atoms with E-state index in [4.69, 9.17) is 42.6 Å². The van der Waals surface area contributed by atoms with Crippen molar-refractivity contribution in [2.75, 3.05) is 21.2 Å². The smallest absolute Gasteiger partial charge is 0.309 e. The molecule has 2 saturated heterocycles. The van der Waals surface area contributed by atoms with E-state index in [1.54, 1.807) is 71.0 Å². The van der Waals surface area contributed by atoms with Crippen molar-refractivity contribution in [3.8, 4) is 0 Å². The predicted molar refractivity (Wildman–Crippen MR) is 219 cm³/mol. The number of aldehydes is 1. The predicted octanol–water partition coefficient (Wildman–Crippen LogP) is 3.58. The molecule has 16 atom stereocenters. The van der Waals surface area contributed by atoms with Gasteiger partial charge in [-0.05, 0) is 66.0 Å². The molecule has 0 unspecified atom stereocenters. The van der Waals surface area contributed by atoms with Crippen molar-refractivity contribution < 1.29 is 76.8 Å². The number of likely N-dealkylation sites (N-methyl/N-ethyl adjacent to an activating group) is 1. The molecule has 0 aromatic carbocycles. The topological polar surface area (TPSA) is 212 Å². The average molecular weight is 870 g/mol. The minimum Gasteiger partial charge on any atom is -0.462 e. The van der Waals surface area contributed by atoms with E-state index in [-0.39, 0.29) is 31.6 Å². The molecule has 0 aliphatic carbocycles. The Morgan fingerprint density at radius 3 is 2.20 bits per heavy atom. The number of rotatable bonds is 13. The quantitative estimate of drug-likeness (QED) is 0.154. The summed E-state index contributed by atoms with van der Waals surface area (Å²) < 4.78 is 55.2. The van der Waals surface area contributed by atoms with Crippen LogP contribution in [0.5, 0.6) is 0 Å². The summed E-state index contributed by atoms with van der Waals surface area (Å²) in [5.74, 6) is -3.61. The molecule has 2 fully saturated rings. The molecular formula is C44H71NO16. The van der Waals surface area contributed by atoms with Gasteiger partial charge in [0.2, 0.25) is 0 Å². The lowest BCUT2D eigenvalue weighted by atomic mass is 9.82. The number of esters is 4. The van der Waals surface area contributed by atoms with Gasteiger partial charge < -0.3 is 62.5 Å². The summed E-state index contributed by atoms with van der Waals surface area (Å²) in [6.45, 7) is 14.7. The third-order valence-corrected chi connectivity index (χ3v) is 11.2. The highest BCUT2D eigenvalue weighted by atomic mass is 16.7. The van der Waals surface area contributed by atoms with Crippen LogP contribution in [0.15, 0.2) is 24.3 Å². The Kier molecular flexibility index (Phi) is 20.4. The second-order valence-electron chi connectivity index (χ2n) is 17.5. The number of carbonyl (C=O) groups excluding carboxylic acids is 5. The van der Waals surface area contributed by atoms with Crippen molar-refractivity contribution in [2.45, 2.75) is 186 Å². The van der Waals surface area contributed by atoms with Crippen LogP contribution in [0.3, 0.4) is 0 Å². The number of aliphatic hydroxyl groups is 2. The Morgan fingerprint density at radius 2 is 1.62 bits per heavy atom. The summed E-state index contributed by atoms with van der Waals surface area (Å²) in [6.07, 6.45) is -4.38. The van der Waals surface area contributed by atoms with E-state index in [0.29, 0.717) is 12.7 Å². The maximum atomic E-state index is 13.3. The van der Waals surface area contributed by atoms with Gasteiger partial charge in [0.25, 0.3) is 0 Å². The Bertz CT molecular complexity index is 1500. The van der Waals surface area contributed by atoms with Gasteiger partial charge in [-0.3, -0.25) is 19.2 Å². The Balaban J connectivity index is 2.08. The van der Waals surface area contributed by atoms with E-state index in [0.717, 1.165) is 0 Å². The molecule has 3 aliphatic rings. The zero-order valence-electron chi connectivity index (χ0n) is 37.9. The molecule has 0 spiro atoms. The molecule has 0 radical (unpaired) electrons. The van der Waals surface area contributed by atoms with Crippen molar-refractivity contribution in [1.82, 2.24) is 4.90 Å². The summed E-state index contributed by atoms with van der Waals surface area (Å²) in [7, 11) is 4.86. The fourth-order valence-corrected chi connectivity index (χ4v) is 8.37.